The van der Waals surface area contributed by atoms with E-state index < -0.39 is 16.4 Å². The van der Waals surface area contributed by atoms with Crippen molar-refractivity contribution < 1.29 is 13.7 Å². The molecule has 2 heterocycles. The molecule has 0 saturated carbocycles. The number of nitrogens with zero attached hydrogens (tertiary/aromatic N) is 3. The lowest BCUT2D eigenvalue weighted by Crippen LogP contribution is -2.36. The second-order valence-electron chi connectivity index (χ2n) is 6.12. The molecule has 2 unspecified atom stereocenters. The Labute approximate surface area is 127 Å². The lowest BCUT2D eigenvalue weighted by molar-refractivity contribution is 0.0295. The molecule has 21 heavy (non-hydrogen) atoms. The molecule has 1 saturated heterocycles. The van der Waals surface area contributed by atoms with Crippen LogP contribution in [0.1, 0.15) is 32.9 Å². The average molecular weight is 311 g/mol. The van der Waals surface area contributed by atoms with Crippen molar-refractivity contribution in [2.24, 2.45) is 0 Å². The maximum atomic E-state index is 12.5. The SMILES string of the molecule is Cc1ccnc(S(=O)C2CCN(C(=O)OC(C)(C)C)C2)n1. The van der Waals surface area contributed by atoms with Gasteiger partial charge in [0.05, 0.1) is 16.0 Å². The van der Waals surface area contributed by atoms with E-state index in [1.54, 1.807) is 17.2 Å². The third-order valence-electron chi connectivity index (χ3n) is 3.05. The third kappa shape index (κ3) is 4.23. The Kier molecular flexibility index (Phi) is 4.61. The van der Waals surface area contributed by atoms with Crippen molar-refractivity contribution in [3.8, 4) is 0 Å². The van der Waals surface area contributed by atoms with Gasteiger partial charge in [0.25, 0.3) is 0 Å². The van der Waals surface area contributed by atoms with E-state index in [1.807, 2.05) is 27.7 Å². The van der Waals surface area contributed by atoms with Gasteiger partial charge in [-0.2, -0.15) is 0 Å². The number of amides is 1. The molecular weight excluding hydrogens is 290 g/mol. The van der Waals surface area contributed by atoms with Gasteiger partial charge in [-0.25, -0.2) is 14.8 Å². The van der Waals surface area contributed by atoms with Crippen LogP contribution in [-0.2, 0) is 15.5 Å². The highest BCUT2D eigenvalue weighted by atomic mass is 32.2. The molecular formula is C14H21N3O3S. The minimum Gasteiger partial charge on any atom is -0.444 e. The van der Waals surface area contributed by atoms with Crippen LogP contribution in [0.5, 0.6) is 0 Å². The lowest BCUT2D eigenvalue weighted by atomic mass is 10.2. The summed E-state index contributed by atoms with van der Waals surface area (Å²) in [6, 6.07) is 1.77. The quantitative estimate of drug-likeness (QED) is 0.780. The first kappa shape index (κ1) is 15.9. The lowest BCUT2D eigenvalue weighted by Gasteiger charge is -2.24. The maximum absolute atomic E-state index is 12.5. The van der Waals surface area contributed by atoms with Gasteiger partial charge in [0, 0.05) is 25.0 Å². The first-order valence-electron chi connectivity index (χ1n) is 6.94. The van der Waals surface area contributed by atoms with Gasteiger partial charge in [-0.1, -0.05) is 0 Å². The third-order valence-corrected chi connectivity index (χ3v) is 4.60. The minimum absolute atomic E-state index is 0.140. The molecule has 1 fully saturated rings. The zero-order valence-electron chi connectivity index (χ0n) is 12.8. The van der Waals surface area contributed by atoms with Crippen molar-refractivity contribution in [3.05, 3.63) is 18.0 Å². The van der Waals surface area contributed by atoms with Crippen LogP contribution in [0, 0.1) is 6.92 Å². The fourth-order valence-electron chi connectivity index (χ4n) is 2.07. The number of likely N-dealkylation sites (tertiary alicyclic amines) is 1. The number of rotatable bonds is 2. The summed E-state index contributed by atoms with van der Waals surface area (Å²) >= 11 is 0. The van der Waals surface area contributed by atoms with E-state index in [2.05, 4.69) is 9.97 Å². The molecule has 0 aliphatic carbocycles. The molecule has 2 rings (SSSR count). The summed E-state index contributed by atoms with van der Waals surface area (Å²) < 4.78 is 17.8. The predicted molar refractivity (Wildman–Crippen MR) is 79.4 cm³/mol. The van der Waals surface area contributed by atoms with E-state index in [0.717, 1.165) is 5.69 Å². The van der Waals surface area contributed by atoms with Gasteiger partial charge in [0.2, 0.25) is 5.16 Å². The van der Waals surface area contributed by atoms with Crippen LogP contribution < -0.4 is 0 Å². The summed E-state index contributed by atoms with van der Waals surface area (Å²) in [5.41, 5.74) is 0.267. The zero-order valence-corrected chi connectivity index (χ0v) is 13.6. The largest absolute Gasteiger partial charge is 0.444 e. The minimum atomic E-state index is -1.30. The summed E-state index contributed by atoms with van der Waals surface area (Å²) in [7, 11) is -1.30. The van der Waals surface area contributed by atoms with Crippen LogP contribution in [0.4, 0.5) is 4.79 Å². The number of ether oxygens (including phenoxy) is 1. The van der Waals surface area contributed by atoms with Crippen LogP contribution in [0.15, 0.2) is 17.4 Å². The van der Waals surface area contributed by atoms with Gasteiger partial charge in [0.1, 0.15) is 5.60 Å². The molecule has 0 radical (unpaired) electrons. The molecule has 0 bridgehead atoms. The van der Waals surface area contributed by atoms with E-state index in [1.165, 1.54) is 0 Å². The summed E-state index contributed by atoms with van der Waals surface area (Å²) in [5.74, 6) is 0. The molecule has 2 atom stereocenters. The van der Waals surface area contributed by atoms with Gasteiger partial charge in [-0.05, 0) is 40.2 Å². The van der Waals surface area contributed by atoms with Crippen LogP contribution in [0.3, 0.4) is 0 Å². The molecule has 6 nitrogen and oxygen atoms in total. The van der Waals surface area contributed by atoms with Gasteiger partial charge in [-0.15, -0.1) is 0 Å². The van der Waals surface area contributed by atoms with E-state index in [0.29, 0.717) is 24.7 Å². The Morgan fingerprint density at radius 3 is 2.81 bits per heavy atom. The summed E-state index contributed by atoms with van der Waals surface area (Å²) in [5, 5.41) is 0.199. The molecule has 0 aromatic carbocycles. The standard InChI is InChI=1S/C14H21N3O3S/c1-10-5-7-15-12(16-10)21(19)11-6-8-17(9-11)13(18)20-14(2,3)4/h5,7,11H,6,8-9H2,1-4H3. The number of aromatic nitrogens is 2. The molecule has 1 aliphatic rings. The average Bonchev–Trinajstić information content (AvgIpc) is 2.85. The Hall–Kier alpha value is -1.50. The van der Waals surface area contributed by atoms with Crippen molar-refractivity contribution in [1.82, 2.24) is 14.9 Å². The van der Waals surface area contributed by atoms with Gasteiger partial charge < -0.3 is 9.64 Å². The van der Waals surface area contributed by atoms with Crippen LogP contribution in [-0.4, -0.2) is 49.1 Å². The molecule has 116 valence electrons. The summed E-state index contributed by atoms with van der Waals surface area (Å²) in [4.78, 5) is 21.9. The topological polar surface area (TPSA) is 72.4 Å². The number of hydrogen-bond donors (Lipinski definition) is 0. The molecule has 7 heteroatoms. The number of hydrogen-bond acceptors (Lipinski definition) is 5. The molecule has 1 aromatic heterocycles. The van der Waals surface area contributed by atoms with E-state index in [4.69, 9.17) is 4.74 Å². The smallest absolute Gasteiger partial charge is 0.410 e. The van der Waals surface area contributed by atoms with Crippen molar-refractivity contribution in [2.75, 3.05) is 13.1 Å². The van der Waals surface area contributed by atoms with Crippen molar-refractivity contribution in [2.45, 2.75) is 50.1 Å². The maximum Gasteiger partial charge on any atom is 0.410 e. The molecule has 1 aliphatic heterocycles. The second-order valence-corrected chi connectivity index (χ2v) is 7.74. The Morgan fingerprint density at radius 2 is 2.19 bits per heavy atom. The highest BCUT2D eigenvalue weighted by Crippen LogP contribution is 2.20. The zero-order chi connectivity index (χ0) is 15.6. The summed E-state index contributed by atoms with van der Waals surface area (Å²) in [6.07, 6.45) is 1.92. The molecule has 1 amide bonds. The van der Waals surface area contributed by atoms with Crippen LogP contribution in [0.2, 0.25) is 0 Å². The van der Waals surface area contributed by atoms with E-state index in [-0.39, 0.29) is 11.3 Å². The summed E-state index contributed by atoms with van der Waals surface area (Å²) in [6.45, 7) is 8.30. The van der Waals surface area contributed by atoms with Crippen molar-refractivity contribution >= 4 is 16.9 Å². The molecule has 0 spiro atoms. The van der Waals surface area contributed by atoms with Crippen LogP contribution in [0.25, 0.3) is 0 Å². The van der Waals surface area contributed by atoms with Crippen molar-refractivity contribution in [3.63, 3.8) is 0 Å². The monoisotopic (exact) mass is 311 g/mol. The second kappa shape index (κ2) is 6.09. The Morgan fingerprint density at radius 1 is 1.48 bits per heavy atom. The first-order chi connectivity index (χ1) is 9.76. The number of carbonyl (C=O) groups excluding carboxylic acids is 1. The van der Waals surface area contributed by atoms with Crippen molar-refractivity contribution in [1.29, 1.82) is 0 Å². The highest BCUT2D eigenvalue weighted by Gasteiger charge is 2.34. The Balaban J connectivity index is 1.99. The normalized spacial score (nSPS) is 20.4. The fourth-order valence-corrected chi connectivity index (χ4v) is 3.40. The number of carbonyl (C=O) groups is 1. The van der Waals surface area contributed by atoms with Gasteiger partial charge >= 0.3 is 6.09 Å². The van der Waals surface area contributed by atoms with E-state index >= 15 is 0 Å². The highest BCUT2D eigenvalue weighted by molar-refractivity contribution is 7.85. The molecule has 1 aromatic rings. The van der Waals surface area contributed by atoms with Gasteiger partial charge in [0.15, 0.2) is 0 Å². The first-order valence-corrected chi connectivity index (χ1v) is 8.16. The predicted octanol–water partition coefficient (Wildman–Crippen LogP) is 1.90. The fraction of sp³-hybridized carbons (Fsp3) is 0.643. The van der Waals surface area contributed by atoms with Gasteiger partial charge in [-0.3, -0.25) is 4.21 Å². The number of aryl methyl sites for hydroxylation is 1. The Bertz CT molecular complexity index is 557. The van der Waals surface area contributed by atoms with Crippen LogP contribution >= 0.6 is 0 Å². The van der Waals surface area contributed by atoms with E-state index in [9.17, 15) is 9.00 Å². The molecule has 0 N–H and O–H groups in total.